The molecule has 1 fully saturated rings. The molecular formula is C24H25N3O3. The molecule has 0 bridgehead atoms. The van der Waals surface area contributed by atoms with Crippen LogP contribution in [0, 0.1) is 6.92 Å². The molecule has 0 radical (unpaired) electrons. The summed E-state index contributed by atoms with van der Waals surface area (Å²) in [5.41, 5.74) is 3.31. The number of H-pyrrole nitrogens is 1. The van der Waals surface area contributed by atoms with Crippen LogP contribution in [-0.4, -0.2) is 58.8 Å². The van der Waals surface area contributed by atoms with E-state index in [1.807, 2.05) is 56.3 Å². The van der Waals surface area contributed by atoms with Gasteiger partial charge in [0, 0.05) is 40.8 Å². The number of fused-ring (bicyclic) bond motifs is 1. The lowest BCUT2D eigenvalue weighted by atomic mass is 9.93. The number of carbonyl (C=O) groups is 2. The first-order valence-electron chi connectivity index (χ1n) is 9.96. The summed E-state index contributed by atoms with van der Waals surface area (Å²) in [7, 11) is 3.85. The first-order chi connectivity index (χ1) is 14.4. The monoisotopic (exact) mass is 403 g/mol. The van der Waals surface area contributed by atoms with Crippen LogP contribution in [0.25, 0.3) is 16.7 Å². The van der Waals surface area contributed by atoms with E-state index in [4.69, 9.17) is 0 Å². The van der Waals surface area contributed by atoms with Gasteiger partial charge in [0.1, 0.15) is 5.76 Å². The molecule has 1 amide bonds. The van der Waals surface area contributed by atoms with Gasteiger partial charge in [0.2, 0.25) is 0 Å². The number of benzene rings is 2. The van der Waals surface area contributed by atoms with Gasteiger partial charge in [0.25, 0.3) is 11.7 Å². The molecule has 0 saturated carbocycles. The van der Waals surface area contributed by atoms with Crippen LogP contribution in [-0.2, 0) is 9.59 Å². The van der Waals surface area contributed by atoms with E-state index in [0.29, 0.717) is 18.7 Å². The summed E-state index contributed by atoms with van der Waals surface area (Å²) in [4.78, 5) is 33.0. The minimum atomic E-state index is -0.652. The van der Waals surface area contributed by atoms with Crippen LogP contribution in [0.3, 0.4) is 0 Å². The van der Waals surface area contributed by atoms with Crippen LogP contribution < -0.4 is 0 Å². The zero-order chi connectivity index (χ0) is 21.4. The summed E-state index contributed by atoms with van der Waals surface area (Å²) in [6.07, 6.45) is 0. The normalized spacial score (nSPS) is 18.7. The maximum atomic E-state index is 13.1. The van der Waals surface area contributed by atoms with E-state index in [2.05, 4.69) is 4.98 Å². The molecule has 6 heteroatoms. The molecule has 1 aliphatic heterocycles. The Hall–Kier alpha value is -3.38. The number of nitrogens with one attached hydrogen (secondary N) is 1. The molecule has 1 aliphatic rings. The average Bonchev–Trinajstić information content (AvgIpc) is 3.19. The number of aromatic nitrogens is 1. The van der Waals surface area contributed by atoms with Crippen molar-refractivity contribution in [2.45, 2.75) is 13.0 Å². The van der Waals surface area contributed by atoms with Gasteiger partial charge >= 0.3 is 0 Å². The van der Waals surface area contributed by atoms with E-state index < -0.39 is 17.7 Å². The van der Waals surface area contributed by atoms with Crippen LogP contribution in [0.5, 0.6) is 0 Å². The number of amides is 1. The molecule has 0 spiro atoms. The van der Waals surface area contributed by atoms with Crippen molar-refractivity contribution in [1.29, 1.82) is 0 Å². The second-order valence-corrected chi connectivity index (χ2v) is 7.87. The minimum Gasteiger partial charge on any atom is -0.507 e. The van der Waals surface area contributed by atoms with Crippen molar-refractivity contribution < 1.29 is 14.7 Å². The third kappa shape index (κ3) is 3.29. The number of carbonyl (C=O) groups excluding carboxylic acids is 2. The molecule has 2 N–H and O–H groups in total. The number of aliphatic hydroxyl groups is 1. The topological polar surface area (TPSA) is 76.6 Å². The summed E-state index contributed by atoms with van der Waals surface area (Å²) in [5, 5.41) is 12.0. The van der Waals surface area contributed by atoms with Crippen LogP contribution in [0.15, 0.2) is 60.2 Å². The van der Waals surface area contributed by atoms with E-state index >= 15 is 0 Å². The number of likely N-dealkylation sites (N-methyl/N-ethyl adjacent to an activating group) is 1. The van der Waals surface area contributed by atoms with Crippen LogP contribution in [0.1, 0.15) is 22.9 Å². The molecule has 154 valence electrons. The molecule has 1 unspecified atom stereocenters. The first kappa shape index (κ1) is 19.9. The number of Topliss-reactive ketones (excluding diaryl/α,β-unsaturated/α-hetero) is 1. The molecule has 1 atom stereocenters. The molecule has 2 aromatic carbocycles. The van der Waals surface area contributed by atoms with Gasteiger partial charge in [-0.15, -0.1) is 0 Å². The Labute approximate surface area is 175 Å². The number of rotatable bonds is 5. The van der Waals surface area contributed by atoms with Gasteiger partial charge in [-0.3, -0.25) is 9.59 Å². The molecule has 4 rings (SSSR count). The molecule has 0 aliphatic carbocycles. The van der Waals surface area contributed by atoms with E-state index in [-0.39, 0.29) is 11.3 Å². The minimum absolute atomic E-state index is 0.137. The second-order valence-electron chi connectivity index (χ2n) is 7.87. The molecule has 3 aromatic rings. The number of likely N-dealkylation sites (tertiary alicyclic amines) is 1. The summed E-state index contributed by atoms with van der Waals surface area (Å²) in [5.74, 6) is -1.37. The fourth-order valence-corrected chi connectivity index (χ4v) is 4.12. The Kier molecular flexibility index (Phi) is 5.18. The highest BCUT2D eigenvalue weighted by molar-refractivity contribution is 6.46. The fourth-order valence-electron chi connectivity index (χ4n) is 4.12. The number of aryl methyl sites for hydroxylation is 1. The van der Waals surface area contributed by atoms with Crippen LogP contribution in [0.4, 0.5) is 0 Å². The van der Waals surface area contributed by atoms with Crippen molar-refractivity contribution in [3.8, 4) is 0 Å². The number of ketones is 1. The predicted octanol–water partition coefficient (Wildman–Crippen LogP) is 3.46. The van der Waals surface area contributed by atoms with Gasteiger partial charge in [0.05, 0.1) is 11.6 Å². The lowest BCUT2D eigenvalue weighted by Crippen LogP contribution is -2.35. The van der Waals surface area contributed by atoms with Gasteiger partial charge < -0.3 is 19.9 Å². The standard InChI is InChI=1S/C24H25N3O3/c1-15-19(17-11-7-8-12-18(17)25-15)21-20(22(28)16-9-5-4-6-10-16)23(29)24(30)27(21)14-13-26(2)3/h4-12,21,25,28H,13-14H2,1-3H3/b22-20+. The van der Waals surface area contributed by atoms with Crippen molar-refractivity contribution in [2.24, 2.45) is 0 Å². The van der Waals surface area contributed by atoms with E-state index in [9.17, 15) is 14.7 Å². The molecule has 1 saturated heterocycles. The van der Waals surface area contributed by atoms with E-state index in [1.54, 1.807) is 29.2 Å². The largest absolute Gasteiger partial charge is 0.507 e. The van der Waals surface area contributed by atoms with Gasteiger partial charge in [-0.25, -0.2) is 0 Å². The Morgan fingerprint density at radius 2 is 1.73 bits per heavy atom. The van der Waals surface area contributed by atoms with Crippen molar-refractivity contribution in [3.63, 3.8) is 0 Å². The number of hydrogen-bond donors (Lipinski definition) is 2. The quantitative estimate of drug-likeness (QED) is 0.389. The Morgan fingerprint density at radius 3 is 2.43 bits per heavy atom. The van der Waals surface area contributed by atoms with Gasteiger partial charge in [0.15, 0.2) is 0 Å². The van der Waals surface area contributed by atoms with Crippen LogP contribution >= 0.6 is 0 Å². The zero-order valence-electron chi connectivity index (χ0n) is 17.3. The molecular weight excluding hydrogens is 378 g/mol. The van der Waals surface area contributed by atoms with Crippen LogP contribution in [0.2, 0.25) is 0 Å². The highest BCUT2D eigenvalue weighted by Crippen LogP contribution is 2.43. The van der Waals surface area contributed by atoms with Gasteiger partial charge in [-0.2, -0.15) is 0 Å². The van der Waals surface area contributed by atoms with Crippen molar-refractivity contribution >= 4 is 28.4 Å². The zero-order valence-corrected chi connectivity index (χ0v) is 17.3. The molecule has 6 nitrogen and oxygen atoms in total. The fraction of sp³-hybridized carbons (Fsp3) is 0.250. The van der Waals surface area contributed by atoms with Crippen molar-refractivity contribution in [3.05, 3.63) is 77.0 Å². The van der Waals surface area contributed by atoms with E-state index in [1.165, 1.54) is 0 Å². The smallest absolute Gasteiger partial charge is 0.295 e. The average molecular weight is 403 g/mol. The van der Waals surface area contributed by atoms with Gasteiger partial charge in [-0.1, -0.05) is 48.5 Å². The summed E-state index contributed by atoms with van der Waals surface area (Å²) in [6.45, 7) is 2.92. The summed E-state index contributed by atoms with van der Waals surface area (Å²) < 4.78 is 0. The number of aromatic amines is 1. The number of aliphatic hydroxyl groups excluding tert-OH is 1. The summed E-state index contributed by atoms with van der Waals surface area (Å²) in [6, 6.07) is 16.1. The molecule has 30 heavy (non-hydrogen) atoms. The van der Waals surface area contributed by atoms with Gasteiger partial charge in [-0.05, 0) is 27.1 Å². The lowest BCUT2D eigenvalue weighted by molar-refractivity contribution is -0.140. The highest BCUT2D eigenvalue weighted by Gasteiger charge is 2.47. The number of nitrogens with zero attached hydrogens (tertiary/aromatic N) is 2. The Balaban J connectivity index is 1.95. The predicted molar refractivity (Wildman–Crippen MR) is 117 cm³/mol. The first-order valence-corrected chi connectivity index (χ1v) is 9.96. The van der Waals surface area contributed by atoms with Crippen molar-refractivity contribution in [1.82, 2.24) is 14.8 Å². The molecule has 2 heterocycles. The third-order valence-electron chi connectivity index (χ3n) is 5.59. The molecule has 1 aromatic heterocycles. The second kappa shape index (κ2) is 7.80. The SMILES string of the molecule is Cc1[nH]c2ccccc2c1C1/C(=C(\O)c2ccccc2)C(=O)C(=O)N1CCN(C)C. The number of para-hydroxylation sites is 1. The third-order valence-corrected chi connectivity index (χ3v) is 5.59. The number of hydrogen-bond acceptors (Lipinski definition) is 4. The Morgan fingerprint density at radius 1 is 1.07 bits per heavy atom. The summed E-state index contributed by atoms with van der Waals surface area (Å²) >= 11 is 0. The lowest BCUT2D eigenvalue weighted by Gasteiger charge is -2.27. The highest BCUT2D eigenvalue weighted by atomic mass is 16.3. The van der Waals surface area contributed by atoms with E-state index in [0.717, 1.165) is 22.2 Å². The van der Waals surface area contributed by atoms with Crippen molar-refractivity contribution in [2.75, 3.05) is 27.2 Å². The Bertz CT molecular complexity index is 1140. The maximum absolute atomic E-state index is 13.1. The maximum Gasteiger partial charge on any atom is 0.295 e.